The zero-order valence-corrected chi connectivity index (χ0v) is 11.6. The van der Waals surface area contributed by atoms with Gasteiger partial charge in [-0.05, 0) is 37.0 Å². The van der Waals surface area contributed by atoms with Crippen LogP contribution >= 0.6 is 0 Å². The lowest BCUT2D eigenvalue weighted by Crippen LogP contribution is -2.44. The molecule has 4 nitrogen and oxygen atoms in total. The van der Waals surface area contributed by atoms with Crippen LogP contribution in [-0.2, 0) is 4.79 Å². The Kier molecular flexibility index (Phi) is 4.56. The monoisotopic (exact) mass is 262 g/mol. The zero-order chi connectivity index (χ0) is 13.8. The zero-order valence-electron chi connectivity index (χ0n) is 11.6. The fourth-order valence-corrected chi connectivity index (χ4v) is 2.47. The Morgan fingerprint density at radius 1 is 1.47 bits per heavy atom. The second kappa shape index (κ2) is 6.17. The van der Waals surface area contributed by atoms with Crippen molar-refractivity contribution in [1.29, 1.82) is 0 Å². The normalized spacial score (nSPS) is 24.4. The van der Waals surface area contributed by atoms with Crippen LogP contribution in [0.4, 0.5) is 5.69 Å². The van der Waals surface area contributed by atoms with Gasteiger partial charge < -0.3 is 15.3 Å². The molecule has 0 aliphatic carbocycles. The fourth-order valence-electron chi connectivity index (χ4n) is 2.47. The summed E-state index contributed by atoms with van der Waals surface area (Å²) in [5.74, 6) is 0.456. The molecule has 4 heteroatoms. The van der Waals surface area contributed by atoms with E-state index < -0.39 is 0 Å². The number of nitrogens with zero attached hydrogens (tertiary/aromatic N) is 1. The SMILES string of the molecule is Cc1cccc(N2CC(C)CNC(CCO)C2=O)c1. The van der Waals surface area contributed by atoms with Gasteiger partial charge in [-0.2, -0.15) is 0 Å². The van der Waals surface area contributed by atoms with Crippen molar-refractivity contribution in [3.8, 4) is 0 Å². The summed E-state index contributed by atoms with van der Waals surface area (Å²) >= 11 is 0. The maximum Gasteiger partial charge on any atom is 0.244 e. The maximum atomic E-state index is 12.5. The Hall–Kier alpha value is -1.39. The average Bonchev–Trinajstić information content (AvgIpc) is 2.52. The summed E-state index contributed by atoms with van der Waals surface area (Å²) in [6.07, 6.45) is 0.466. The van der Waals surface area contributed by atoms with Crippen LogP contribution in [0.2, 0.25) is 0 Å². The van der Waals surface area contributed by atoms with Crippen LogP contribution in [0.1, 0.15) is 18.9 Å². The van der Waals surface area contributed by atoms with Crippen LogP contribution in [0, 0.1) is 12.8 Å². The van der Waals surface area contributed by atoms with Crippen molar-refractivity contribution >= 4 is 11.6 Å². The van der Waals surface area contributed by atoms with Gasteiger partial charge in [-0.3, -0.25) is 4.79 Å². The minimum absolute atomic E-state index is 0.0272. The van der Waals surface area contributed by atoms with Crippen molar-refractivity contribution in [3.05, 3.63) is 29.8 Å². The first kappa shape index (κ1) is 14.0. The first-order valence-corrected chi connectivity index (χ1v) is 6.84. The summed E-state index contributed by atoms with van der Waals surface area (Å²) in [6.45, 7) is 5.71. The molecule has 1 fully saturated rings. The van der Waals surface area contributed by atoms with Crippen molar-refractivity contribution in [2.75, 3.05) is 24.6 Å². The van der Waals surface area contributed by atoms with Gasteiger partial charge in [-0.25, -0.2) is 0 Å². The molecule has 2 N–H and O–H groups in total. The number of aryl methyl sites for hydroxylation is 1. The number of hydrogen-bond acceptors (Lipinski definition) is 3. The van der Waals surface area contributed by atoms with Crippen LogP contribution in [0.25, 0.3) is 0 Å². The van der Waals surface area contributed by atoms with Crippen LogP contribution in [0.15, 0.2) is 24.3 Å². The van der Waals surface area contributed by atoms with E-state index in [0.29, 0.717) is 12.3 Å². The molecule has 1 aliphatic rings. The van der Waals surface area contributed by atoms with E-state index in [2.05, 4.69) is 12.2 Å². The molecule has 2 unspecified atom stereocenters. The van der Waals surface area contributed by atoms with E-state index in [9.17, 15) is 4.79 Å². The summed E-state index contributed by atoms with van der Waals surface area (Å²) in [5, 5.41) is 12.3. The van der Waals surface area contributed by atoms with Gasteiger partial charge in [-0.1, -0.05) is 19.1 Å². The summed E-state index contributed by atoms with van der Waals surface area (Å²) in [4.78, 5) is 14.4. The third-order valence-electron chi connectivity index (χ3n) is 3.50. The Labute approximate surface area is 114 Å². The van der Waals surface area contributed by atoms with Crippen LogP contribution < -0.4 is 10.2 Å². The van der Waals surface area contributed by atoms with E-state index >= 15 is 0 Å². The lowest BCUT2D eigenvalue weighted by Gasteiger charge is -2.25. The van der Waals surface area contributed by atoms with Gasteiger partial charge in [0.05, 0.1) is 6.04 Å². The molecule has 2 rings (SSSR count). The number of amides is 1. The Bertz CT molecular complexity index is 448. The first-order chi connectivity index (χ1) is 9.11. The number of benzene rings is 1. The largest absolute Gasteiger partial charge is 0.396 e. The van der Waals surface area contributed by atoms with Gasteiger partial charge in [0, 0.05) is 25.4 Å². The highest BCUT2D eigenvalue weighted by Gasteiger charge is 2.29. The molecule has 0 aromatic heterocycles. The molecular weight excluding hydrogens is 240 g/mol. The lowest BCUT2D eigenvalue weighted by atomic mass is 10.1. The van der Waals surface area contributed by atoms with Crippen molar-refractivity contribution in [2.24, 2.45) is 5.92 Å². The van der Waals surface area contributed by atoms with Gasteiger partial charge >= 0.3 is 0 Å². The lowest BCUT2D eigenvalue weighted by molar-refractivity contribution is -0.120. The molecule has 1 saturated heterocycles. The predicted molar refractivity (Wildman–Crippen MR) is 76.2 cm³/mol. The van der Waals surface area contributed by atoms with Crippen LogP contribution in [-0.4, -0.2) is 36.8 Å². The molecule has 19 heavy (non-hydrogen) atoms. The van der Waals surface area contributed by atoms with E-state index in [0.717, 1.165) is 24.3 Å². The van der Waals surface area contributed by atoms with E-state index in [1.807, 2.05) is 36.1 Å². The molecule has 0 spiro atoms. The van der Waals surface area contributed by atoms with Gasteiger partial charge in [0.25, 0.3) is 0 Å². The van der Waals surface area contributed by atoms with Gasteiger partial charge in [0.2, 0.25) is 5.91 Å². The molecule has 1 heterocycles. The van der Waals surface area contributed by atoms with Crippen molar-refractivity contribution in [3.63, 3.8) is 0 Å². The van der Waals surface area contributed by atoms with Crippen molar-refractivity contribution < 1.29 is 9.90 Å². The highest BCUT2D eigenvalue weighted by Crippen LogP contribution is 2.21. The van der Waals surface area contributed by atoms with Crippen LogP contribution in [0.3, 0.4) is 0 Å². The quantitative estimate of drug-likeness (QED) is 0.864. The number of rotatable bonds is 3. The Morgan fingerprint density at radius 3 is 2.95 bits per heavy atom. The number of nitrogens with one attached hydrogen (secondary N) is 1. The van der Waals surface area contributed by atoms with Gasteiger partial charge in [0.15, 0.2) is 0 Å². The Morgan fingerprint density at radius 2 is 2.26 bits per heavy atom. The topological polar surface area (TPSA) is 52.6 Å². The summed E-state index contributed by atoms with van der Waals surface area (Å²) in [7, 11) is 0. The predicted octanol–water partition coefficient (Wildman–Crippen LogP) is 1.32. The molecule has 0 bridgehead atoms. The number of carbonyl (C=O) groups is 1. The van der Waals surface area contributed by atoms with Crippen molar-refractivity contribution in [1.82, 2.24) is 5.32 Å². The molecule has 1 aromatic carbocycles. The highest BCUT2D eigenvalue weighted by molar-refractivity contribution is 5.97. The minimum atomic E-state index is -0.282. The second-order valence-corrected chi connectivity index (χ2v) is 5.37. The maximum absolute atomic E-state index is 12.5. The van der Waals surface area contributed by atoms with E-state index in [1.54, 1.807) is 0 Å². The van der Waals surface area contributed by atoms with E-state index in [1.165, 1.54) is 0 Å². The smallest absolute Gasteiger partial charge is 0.244 e. The van der Waals surface area contributed by atoms with Gasteiger partial charge in [-0.15, -0.1) is 0 Å². The fraction of sp³-hybridized carbons (Fsp3) is 0.533. The molecule has 2 atom stereocenters. The average molecular weight is 262 g/mol. The van der Waals surface area contributed by atoms with Crippen LogP contribution in [0.5, 0.6) is 0 Å². The Balaban J connectivity index is 2.27. The summed E-state index contributed by atoms with van der Waals surface area (Å²) < 4.78 is 0. The molecule has 0 radical (unpaired) electrons. The molecule has 1 amide bonds. The summed E-state index contributed by atoms with van der Waals surface area (Å²) in [6, 6.07) is 7.72. The molecule has 104 valence electrons. The molecule has 0 saturated carbocycles. The van der Waals surface area contributed by atoms with E-state index in [4.69, 9.17) is 5.11 Å². The highest BCUT2D eigenvalue weighted by atomic mass is 16.3. The summed E-state index contributed by atoms with van der Waals surface area (Å²) in [5.41, 5.74) is 2.09. The minimum Gasteiger partial charge on any atom is -0.396 e. The standard InChI is InChI=1S/C15H22N2O2/c1-11-4-3-5-13(8-11)17-10-12(2)9-16-14(6-7-18)15(17)19/h3-5,8,12,14,16,18H,6-7,9-10H2,1-2H3. The second-order valence-electron chi connectivity index (χ2n) is 5.37. The molecule has 1 aromatic rings. The number of anilines is 1. The number of aliphatic hydroxyl groups excluding tert-OH is 1. The number of carbonyl (C=O) groups excluding carboxylic acids is 1. The molecular formula is C15H22N2O2. The van der Waals surface area contributed by atoms with E-state index in [-0.39, 0.29) is 18.6 Å². The molecule has 1 aliphatic heterocycles. The third kappa shape index (κ3) is 3.33. The van der Waals surface area contributed by atoms with Crippen molar-refractivity contribution in [2.45, 2.75) is 26.3 Å². The first-order valence-electron chi connectivity index (χ1n) is 6.84. The third-order valence-corrected chi connectivity index (χ3v) is 3.50. The number of aliphatic hydroxyl groups is 1. The van der Waals surface area contributed by atoms with Gasteiger partial charge in [0.1, 0.15) is 0 Å². The number of hydrogen-bond donors (Lipinski definition) is 2.